The molecule has 0 amide bonds. The zero-order valence-corrected chi connectivity index (χ0v) is 13.6. The Hall–Kier alpha value is -0.980. The van der Waals surface area contributed by atoms with Gasteiger partial charge in [0.2, 0.25) is 0 Å². The molecule has 1 unspecified atom stereocenters. The molecular weight excluding hydrogens is 302 g/mol. The van der Waals surface area contributed by atoms with E-state index in [1.54, 1.807) is 12.1 Å². The lowest BCUT2D eigenvalue weighted by Crippen LogP contribution is -2.28. The molecule has 0 radical (unpaired) electrons. The smallest absolute Gasteiger partial charge is 0.162 e. The van der Waals surface area contributed by atoms with Crippen molar-refractivity contribution in [2.24, 2.45) is 0 Å². The van der Waals surface area contributed by atoms with Crippen LogP contribution in [0, 0.1) is 0 Å². The summed E-state index contributed by atoms with van der Waals surface area (Å²) in [7, 11) is -0.0968. The summed E-state index contributed by atoms with van der Waals surface area (Å²) in [5.74, 6) is 0.995. The summed E-state index contributed by atoms with van der Waals surface area (Å²) in [4.78, 5) is 0. The van der Waals surface area contributed by atoms with E-state index in [1.165, 1.54) is 20.5 Å². The maximum atomic E-state index is 11.5. The van der Waals surface area contributed by atoms with Crippen molar-refractivity contribution in [2.75, 3.05) is 32.8 Å². The van der Waals surface area contributed by atoms with E-state index in [4.69, 9.17) is 21.1 Å². The number of nitrogens with one attached hydrogen (secondary N) is 1. The second kappa shape index (κ2) is 7.15. The molecule has 1 atom stereocenters. The van der Waals surface area contributed by atoms with E-state index in [-0.39, 0.29) is 11.8 Å². The Morgan fingerprint density at radius 3 is 2.25 bits per heavy atom. The minimum Gasteiger partial charge on any atom is -0.493 e. The summed E-state index contributed by atoms with van der Waals surface area (Å²) >= 11 is 6.23. The fraction of sp³-hybridized carbons (Fsp3) is 0.538. The molecule has 0 saturated carbocycles. The maximum absolute atomic E-state index is 11.5. The van der Waals surface area contributed by atoms with Crippen molar-refractivity contribution >= 4 is 21.4 Å². The number of hydrogen-bond donors (Lipinski definition) is 1. The van der Waals surface area contributed by atoms with Gasteiger partial charge in [0.1, 0.15) is 9.84 Å². The summed E-state index contributed by atoms with van der Waals surface area (Å²) in [6.45, 7) is 2.54. The van der Waals surface area contributed by atoms with Gasteiger partial charge >= 0.3 is 0 Å². The van der Waals surface area contributed by atoms with Gasteiger partial charge in [-0.1, -0.05) is 18.5 Å². The average molecular weight is 322 g/mol. The van der Waals surface area contributed by atoms with Crippen molar-refractivity contribution in [3.8, 4) is 11.5 Å². The van der Waals surface area contributed by atoms with Crippen LogP contribution in [0.15, 0.2) is 12.1 Å². The monoisotopic (exact) mass is 321 g/mol. The molecule has 5 nitrogen and oxygen atoms in total. The molecule has 114 valence electrons. The fourth-order valence-corrected chi connectivity index (χ4v) is 3.13. The number of halogens is 1. The molecule has 20 heavy (non-hydrogen) atoms. The fourth-order valence-electron chi connectivity index (χ4n) is 1.94. The van der Waals surface area contributed by atoms with Crippen LogP contribution in [0.25, 0.3) is 0 Å². The van der Waals surface area contributed by atoms with Crippen LogP contribution in [0.3, 0.4) is 0 Å². The van der Waals surface area contributed by atoms with Gasteiger partial charge in [0, 0.05) is 23.4 Å². The summed E-state index contributed by atoms with van der Waals surface area (Å²) < 4.78 is 33.5. The first-order valence-electron chi connectivity index (χ1n) is 6.14. The molecule has 0 saturated heterocycles. The number of rotatable bonds is 7. The van der Waals surface area contributed by atoms with Gasteiger partial charge in [-0.3, -0.25) is 0 Å². The highest BCUT2D eigenvalue weighted by Crippen LogP contribution is 2.36. The highest BCUT2D eigenvalue weighted by Gasteiger charge is 2.21. The van der Waals surface area contributed by atoms with Crippen molar-refractivity contribution in [1.29, 1.82) is 0 Å². The molecule has 0 aliphatic carbocycles. The van der Waals surface area contributed by atoms with Crippen LogP contribution < -0.4 is 14.8 Å². The lowest BCUT2D eigenvalue weighted by Gasteiger charge is -2.20. The van der Waals surface area contributed by atoms with Crippen molar-refractivity contribution in [3.63, 3.8) is 0 Å². The molecular formula is C13H20ClNO4S. The van der Waals surface area contributed by atoms with Crippen LogP contribution >= 0.6 is 11.6 Å². The van der Waals surface area contributed by atoms with Gasteiger partial charge in [-0.2, -0.15) is 0 Å². The molecule has 0 heterocycles. The quantitative estimate of drug-likeness (QED) is 0.832. The summed E-state index contributed by atoms with van der Waals surface area (Å²) in [5.41, 5.74) is 0.677. The Kier molecular flexibility index (Phi) is 6.10. The molecule has 0 spiro atoms. The van der Waals surface area contributed by atoms with Gasteiger partial charge in [-0.15, -0.1) is 0 Å². The predicted molar refractivity (Wildman–Crippen MR) is 80.7 cm³/mol. The summed E-state index contributed by atoms with van der Waals surface area (Å²) in [6.07, 6.45) is 1.20. The van der Waals surface area contributed by atoms with E-state index in [2.05, 4.69) is 5.32 Å². The van der Waals surface area contributed by atoms with E-state index in [9.17, 15) is 8.42 Å². The third-order valence-electron chi connectivity index (χ3n) is 2.80. The van der Waals surface area contributed by atoms with Crippen LogP contribution in [0.2, 0.25) is 5.02 Å². The number of hydrogen-bond acceptors (Lipinski definition) is 5. The van der Waals surface area contributed by atoms with Crippen molar-refractivity contribution in [1.82, 2.24) is 5.32 Å². The molecule has 0 aliphatic rings. The van der Waals surface area contributed by atoms with E-state index < -0.39 is 9.84 Å². The molecule has 1 rings (SSSR count). The Morgan fingerprint density at radius 2 is 1.80 bits per heavy atom. The Bertz CT molecular complexity index is 560. The minimum absolute atomic E-state index is 0.0317. The van der Waals surface area contributed by atoms with Crippen molar-refractivity contribution in [3.05, 3.63) is 22.7 Å². The summed E-state index contributed by atoms with van der Waals surface area (Å²) in [5, 5.41) is 3.57. The SMILES string of the molecule is CCNC(CS(C)(=O)=O)c1cc(OC)c(OC)cc1Cl. The number of ether oxygens (including phenoxy) is 2. The van der Waals surface area contributed by atoms with Crippen LogP contribution in [0.4, 0.5) is 0 Å². The first-order valence-corrected chi connectivity index (χ1v) is 8.58. The van der Waals surface area contributed by atoms with E-state index in [0.717, 1.165) is 0 Å². The molecule has 1 aromatic rings. The van der Waals surface area contributed by atoms with Crippen LogP contribution in [0.1, 0.15) is 18.5 Å². The number of sulfone groups is 1. The molecule has 0 aromatic heterocycles. The normalized spacial score (nSPS) is 13.1. The molecule has 1 N–H and O–H groups in total. The number of methoxy groups -OCH3 is 2. The zero-order chi connectivity index (χ0) is 15.3. The van der Waals surface area contributed by atoms with Crippen LogP contribution in [-0.2, 0) is 9.84 Å². The second-order valence-electron chi connectivity index (χ2n) is 4.43. The van der Waals surface area contributed by atoms with Gasteiger partial charge in [0.05, 0.1) is 20.0 Å². The van der Waals surface area contributed by atoms with E-state index in [1.807, 2.05) is 6.92 Å². The topological polar surface area (TPSA) is 64.6 Å². The van der Waals surface area contributed by atoms with E-state index in [0.29, 0.717) is 28.6 Å². The lowest BCUT2D eigenvalue weighted by atomic mass is 10.1. The Morgan fingerprint density at radius 1 is 1.25 bits per heavy atom. The molecule has 0 aliphatic heterocycles. The zero-order valence-electron chi connectivity index (χ0n) is 12.1. The predicted octanol–water partition coefficient (Wildman–Crippen LogP) is 2.05. The first kappa shape index (κ1) is 17.1. The standard InChI is InChI=1S/C13H20ClNO4S/c1-5-15-11(8-20(4,16)17)9-6-12(18-2)13(19-3)7-10(9)14/h6-7,11,15H,5,8H2,1-4H3. The van der Waals surface area contributed by atoms with Gasteiger partial charge in [0.25, 0.3) is 0 Å². The second-order valence-corrected chi connectivity index (χ2v) is 7.02. The van der Waals surface area contributed by atoms with Gasteiger partial charge in [-0.25, -0.2) is 8.42 Å². The van der Waals surface area contributed by atoms with E-state index >= 15 is 0 Å². The highest BCUT2D eigenvalue weighted by atomic mass is 35.5. The van der Waals surface area contributed by atoms with Crippen molar-refractivity contribution < 1.29 is 17.9 Å². The average Bonchev–Trinajstić information content (AvgIpc) is 2.36. The number of benzene rings is 1. The summed E-state index contributed by atoms with van der Waals surface area (Å²) in [6, 6.07) is 2.95. The lowest BCUT2D eigenvalue weighted by molar-refractivity contribution is 0.354. The third-order valence-corrected chi connectivity index (χ3v) is 4.06. The Labute approximate surface area is 125 Å². The van der Waals surface area contributed by atoms with Crippen LogP contribution in [0.5, 0.6) is 11.5 Å². The van der Waals surface area contributed by atoms with Crippen LogP contribution in [-0.4, -0.2) is 41.2 Å². The Balaban J connectivity index is 3.25. The van der Waals surface area contributed by atoms with Gasteiger partial charge in [0.15, 0.2) is 11.5 Å². The molecule has 7 heteroatoms. The molecule has 0 fully saturated rings. The van der Waals surface area contributed by atoms with Crippen molar-refractivity contribution in [2.45, 2.75) is 13.0 Å². The maximum Gasteiger partial charge on any atom is 0.162 e. The van der Waals surface area contributed by atoms with Gasteiger partial charge < -0.3 is 14.8 Å². The van der Waals surface area contributed by atoms with Gasteiger partial charge in [-0.05, 0) is 18.2 Å². The third kappa shape index (κ3) is 4.54. The molecule has 0 bridgehead atoms. The minimum atomic E-state index is -3.14. The largest absolute Gasteiger partial charge is 0.493 e. The highest BCUT2D eigenvalue weighted by molar-refractivity contribution is 7.90. The molecule has 1 aromatic carbocycles. The first-order chi connectivity index (χ1) is 9.32.